The van der Waals surface area contributed by atoms with Crippen LogP contribution in [0.25, 0.3) is 6.08 Å². The van der Waals surface area contributed by atoms with Crippen LogP contribution in [0.15, 0.2) is 24.3 Å². The maximum atomic E-state index is 12.2. The molecule has 0 bridgehead atoms. The zero-order valence-electron chi connectivity index (χ0n) is 10.6. The zero-order valence-corrected chi connectivity index (χ0v) is 12.2. The fourth-order valence-corrected chi connectivity index (χ4v) is 1.71. The van der Waals surface area contributed by atoms with Crippen molar-refractivity contribution in [3.05, 3.63) is 35.4 Å². The molecular formula is C13H10BrF3O4. The number of carboxylic acid groups (broad SMARTS) is 1. The summed E-state index contributed by atoms with van der Waals surface area (Å²) in [6, 6.07) is 3.11. The average Bonchev–Trinajstić information content (AvgIpc) is 2.34. The maximum Gasteiger partial charge on any atom is 0.573 e. The SMILES string of the molecule is CC(Br)C(=O)c1cc(OC(F)(F)F)ccc1C=CC(=O)O. The number of carboxylic acids is 1. The van der Waals surface area contributed by atoms with Crippen LogP contribution in [0.2, 0.25) is 0 Å². The lowest BCUT2D eigenvalue weighted by atomic mass is 10.0. The van der Waals surface area contributed by atoms with Gasteiger partial charge in [-0.3, -0.25) is 4.79 Å². The van der Waals surface area contributed by atoms with Crippen LogP contribution >= 0.6 is 15.9 Å². The van der Waals surface area contributed by atoms with E-state index in [-0.39, 0.29) is 11.1 Å². The van der Waals surface area contributed by atoms with Gasteiger partial charge in [0.1, 0.15) is 5.75 Å². The third kappa shape index (κ3) is 5.58. The predicted octanol–water partition coefficient (Wildman–Crippen LogP) is 3.65. The molecule has 1 aromatic carbocycles. The second-order valence-electron chi connectivity index (χ2n) is 3.95. The Balaban J connectivity index is 3.26. The van der Waals surface area contributed by atoms with E-state index >= 15 is 0 Å². The number of rotatable bonds is 5. The molecule has 0 fully saturated rings. The molecule has 0 aromatic heterocycles. The van der Waals surface area contributed by atoms with Gasteiger partial charge in [-0.1, -0.05) is 22.0 Å². The second-order valence-corrected chi connectivity index (χ2v) is 5.32. The number of ether oxygens (including phenoxy) is 1. The van der Waals surface area contributed by atoms with Gasteiger partial charge >= 0.3 is 12.3 Å². The van der Waals surface area contributed by atoms with E-state index in [0.29, 0.717) is 0 Å². The lowest BCUT2D eigenvalue weighted by Crippen LogP contribution is -2.18. The molecule has 0 radical (unpaired) electrons. The maximum absolute atomic E-state index is 12.2. The lowest BCUT2D eigenvalue weighted by Gasteiger charge is -2.12. The highest BCUT2D eigenvalue weighted by atomic mass is 79.9. The van der Waals surface area contributed by atoms with Gasteiger partial charge in [-0.05, 0) is 30.7 Å². The first-order valence-electron chi connectivity index (χ1n) is 5.59. The average molecular weight is 367 g/mol. The Morgan fingerprint density at radius 1 is 1.38 bits per heavy atom. The number of benzene rings is 1. The van der Waals surface area contributed by atoms with Crippen molar-refractivity contribution in [2.24, 2.45) is 0 Å². The Morgan fingerprint density at radius 2 is 2.00 bits per heavy atom. The minimum absolute atomic E-state index is 0.0707. The molecular weight excluding hydrogens is 357 g/mol. The standard InChI is InChI=1S/C13H10BrF3O4/c1-7(14)12(20)10-6-9(21-13(15,16)17)4-2-8(10)3-5-11(18)19/h2-7H,1H3,(H,18,19). The smallest absolute Gasteiger partial charge is 0.478 e. The molecule has 1 rings (SSSR count). The van der Waals surface area contributed by atoms with Crippen LogP contribution in [0.1, 0.15) is 22.8 Å². The van der Waals surface area contributed by atoms with E-state index in [9.17, 15) is 22.8 Å². The predicted molar refractivity (Wildman–Crippen MR) is 72.5 cm³/mol. The molecule has 0 aliphatic rings. The van der Waals surface area contributed by atoms with Crippen molar-refractivity contribution in [3.63, 3.8) is 0 Å². The quantitative estimate of drug-likeness (QED) is 0.490. The number of alkyl halides is 4. The number of hydrogen-bond acceptors (Lipinski definition) is 3. The van der Waals surface area contributed by atoms with Crippen molar-refractivity contribution >= 4 is 33.8 Å². The number of carbonyl (C=O) groups excluding carboxylic acids is 1. The summed E-state index contributed by atoms with van der Waals surface area (Å²) in [5.41, 5.74) is 0.113. The highest BCUT2D eigenvalue weighted by Gasteiger charge is 2.31. The first kappa shape index (κ1) is 17.2. The number of carbonyl (C=O) groups is 2. The molecule has 1 atom stereocenters. The topological polar surface area (TPSA) is 63.6 Å². The Bertz CT molecular complexity index is 579. The second kappa shape index (κ2) is 6.75. The normalized spacial score (nSPS) is 13.2. The van der Waals surface area contributed by atoms with E-state index in [4.69, 9.17) is 5.11 Å². The fourth-order valence-electron chi connectivity index (χ4n) is 1.47. The summed E-state index contributed by atoms with van der Waals surface area (Å²) in [6.45, 7) is 1.50. The Morgan fingerprint density at radius 3 is 2.48 bits per heavy atom. The van der Waals surface area contributed by atoms with Crippen LogP contribution < -0.4 is 4.74 Å². The Labute approximate surface area is 126 Å². The molecule has 0 aliphatic heterocycles. The van der Waals surface area contributed by atoms with Gasteiger partial charge < -0.3 is 9.84 Å². The summed E-state index contributed by atoms with van der Waals surface area (Å²) >= 11 is 3.02. The zero-order chi connectivity index (χ0) is 16.2. The molecule has 0 spiro atoms. The van der Waals surface area contributed by atoms with Crippen LogP contribution in [0.5, 0.6) is 5.75 Å². The summed E-state index contributed by atoms with van der Waals surface area (Å²) in [5.74, 6) is -2.28. The van der Waals surface area contributed by atoms with Gasteiger partial charge in [-0.2, -0.15) is 0 Å². The van der Waals surface area contributed by atoms with Gasteiger partial charge in [-0.15, -0.1) is 13.2 Å². The van der Waals surface area contributed by atoms with Crippen molar-refractivity contribution < 1.29 is 32.6 Å². The van der Waals surface area contributed by atoms with Gasteiger partial charge in [-0.25, -0.2) is 4.79 Å². The van der Waals surface area contributed by atoms with Gasteiger partial charge in [0.25, 0.3) is 0 Å². The molecule has 0 saturated heterocycles. The van der Waals surface area contributed by atoms with Crippen molar-refractivity contribution in [3.8, 4) is 5.75 Å². The Hall–Kier alpha value is -1.83. The molecule has 1 aromatic rings. The van der Waals surface area contributed by atoms with Crippen molar-refractivity contribution in [1.82, 2.24) is 0 Å². The van der Waals surface area contributed by atoms with Crippen molar-refractivity contribution in [2.75, 3.05) is 0 Å². The van der Waals surface area contributed by atoms with Crippen LogP contribution in [0.3, 0.4) is 0 Å². The molecule has 0 aliphatic carbocycles. The third-order valence-corrected chi connectivity index (χ3v) is 2.71. The first-order chi connectivity index (χ1) is 9.60. The fraction of sp³-hybridized carbons (Fsp3) is 0.231. The number of halogens is 4. The highest BCUT2D eigenvalue weighted by molar-refractivity contribution is 9.10. The molecule has 0 heterocycles. The summed E-state index contributed by atoms with van der Waals surface area (Å²) in [7, 11) is 0. The minimum Gasteiger partial charge on any atom is -0.478 e. The van der Waals surface area contributed by atoms with E-state index in [1.807, 2.05) is 0 Å². The summed E-state index contributed by atoms with van der Waals surface area (Å²) < 4.78 is 40.3. The highest BCUT2D eigenvalue weighted by Crippen LogP contribution is 2.27. The molecule has 0 amide bonds. The van der Waals surface area contributed by atoms with Crippen molar-refractivity contribution in [2.45, 2.75) is 18.1 Å². The van der Waals surface area contributed by atoms with Gasteiger partial charge in [0, 0.05) is 11.6 Å². The number of Topliss-reactive ketones (excluding diaryl/α,β-unsaturated/α-hetero) is 1. The lowest BCUT2D eigenvalue weighted by molar-refractivity contribution is -0.274. The molecule has 0 saturated carbocycles. The van der Waals surface area contributed by atoms with Crippen LogP contribution in [-0.4, -0.2) is 28.0 Å². The van der Waals surface area contributed by atoms with Crippen LogP contribution in [0, 0.1) is 0 Å². The monoisotopic (exact) mass is 366 g/mol. The largest absolute Gasteiger partial charge is 0.573 e. The van der Waals surface area contributed by atoms with Gasteiger partial charge in [0.15, 0.2) is 5.78 Å². The number of aliphatic carboxylic acids is 1. The molecule has 114 valence electrons. The molecule has 1 N–H and O–H groups in total. The van der Waals surface area contributed by atoms with Crippen molar-refractivity contribution in [1.29, 1.82) is 0 Å². The first-order valence-corrected chi connectivity index (χ1v) is 6.51. The molecule has 21 heavy (non-hydrogen) atoms. The third-order valence-electron chi connectivity index (χ3n) is 2.29. The summed E-state index contributed by atoms with van der Waals surface area (Å²) in [4.78, 5) is 21.8. The van der Waals surface area contributed by atoms with E-state index in [1.165, 1.54) is 13.0 Å². The summed E-state index contributed by atoms with van der Waals surface area (Å²) in [5, 5.41) is 8.57. The van der Waals surface area contributed by atoms with E-state index in [0.717, 1.165) is 24.3 Å². The number of ketones is 1. The Kier molecular flexibility index (Phi) is 5.54. The van der Waals surface area contributed by atoms with E-state index in [2.05, 4.69) is 20.7 Å². The number of hydrogen-bond donors (Lipinski definition) is 1. The van der Waals surface area contributed by atoms with Crippen LogP contribution in [0.4, 0.5) is 13.2 Å². The van der Waals surface area contributed by atoms with Gasteiger partial charge in [0.2, 0.25) is 0 Å². The van der Waals surface area contributed by atoms with Crippen LogP contribution in [-0.2, 0) is 4.79 Å². The molecule has 4 nitrogen and oxygen atoms in total. The van der Waals surface area contributed by atoms with Gasteiger partial charge in [0.05, 0.1) is 4.83 Å². The van der Waals surface area contributed by atoms with E-state index in [1.54, 1.807) is 0 Å². The summed E-state index contributed by atoms with van der Waals surface area (Å²) in [6.07, 6.45) is -2.96. The minimum atomic E-state index is -4.88. The van der Waals surface area contributed by atoms with E-state index < -0.39 is 28.7 Å². The molecule has 8 heteroatoms. The molecule has 1 unspecified atom stereocenters.